The first-order chi connectivity index (χ1) is 32.4. The summed E-state index contributed by atoms with van der Waals surface area (Å²) in [6.45, 7) is 9.29. The number of benzene rings is 3. The van der Waals surface area contributed by atoms with Gasteiger partial charge in [-0.25, -0.2) is 22.4 Å². The molecule has 0 radical (unpaired) electrons. The standard InChI is InChI=1S/C53H61N7O6S/c1-5-27-54-52(3)25-31-58(32-26-52)40-22-28-59(29-23-40)51-55-46-21-16-38(45-35-57(4)50(61)48-43(45)24-30-60(48)67(62,63)42-19-14-37(2)15-20-42)34-44(46)49(56-51)53(66-41-17-18-41,39-11-7-6-8-12-39)36-65-47-13-9-10-33-64-47/h1,6-8,11-12,14-16,19-21,24,30,34-35,40-41,47,54H,9-10,13,17-18,22-23,25-29,31-33,36H2,2-4H3. The van der Waals surface area contributed by atoms with E-state index in [0.717, 1.165) is 116 Å². The van der Waals surface area contributed by atoms with Crippen LogP contribution in [0.3, 0.4) is 0 Å². The molecule has 0 bridgehead atoms. The van der Waals surface area contributed by atoms with Crippen molar-refractivity contribution < 1.29 is 22.6 Å². The van der Waals surface area contributed by atoms with Crippen molar-refractivity contribution in [2.75, 3.05) is 50.8 Å². The molecular formula is C53H61N7O6S. The van der Waals surface area contributed by atoms with Gasteiger partial charge in [0.05, 0.1) is 35.4 Å². The molecule has 3 aromatic heterocycles. The average molecular weight is 924 g/mol. The van der Waals surface area contributed by atoms with Gasteiger partial charge in [-0.2, -0.15) is 0 Å². The van der Waals surface area contributed by atoms with Gasteiger partial charge in [0.2, 0.25) is 5.95 Å². The zero-order valence-electron chi connectivity index (χ0n) is 38.8. The summed E-state index contributed by atoms with van der Waals surface area (Å²) in [6, 6.07) is 25.2. The molecule has 350 valence electrons. The third kappa shape index (κ3) is 9.05. The second-order valence-electron chi connectivity index (χ2n) is 19.2. The SMILES string of the molecule is C#CCNC1(C)CCN(C2CCN(c3nc(C(COC4CCCCO4)(OC4CC4)c4ccccc4)c4cc(-c5cn(C)c(=O)c6c5ccn6S(=O)(=O)c5ccc(C)cc5)ccc4n3)CC2)CC1. The Hall–Kier alpha value is -5.40. The highest BCUT2D eigenvalue weighted by molar-refractivity contribution is 7.90. The highest BCUT2D eigenvalue weighted by Crippen LogP contribution is 2.44. The molecule has 10 rings (SSSR count). The lowest BCUT2D eigenvalue weighted by molar-refractivity contribution is -0.197. The molecule has 67 heavy (non-hydrogen) atoms. The van der Waals surface area contributed by atoms with Gasteiger partial charge in [0.15, 0.2) is 11.9 Å². The summed E-state index contributed by atoms with van der Waals surface area (Å²) < 4.78 is 51.1. The topological polar surface area (TPSA) is 133 Å². The van der Waals surface area contributed by atoms with Crippen LogP contribution in [0.25, 0.3) is 32.9 Å². The highest BCUT2D eigenvalue weighted by Gasteiger charge is 2.45. The van der Waals surface area contributed by atoms with Crippen molar-refractivity contribution in [3.8, 4) is 23.5 Å². The van der Waals surface area contributed by atoms with E-state index in [-0.39, 0.29) is 35.0 Å². The minimum atomic E-state index is -4.10. The molecule has 3 saturated heterocycles. The van der Waals surface area contributed by atoms with Crippen molar-refractivity contribution in [2.45, 2.75) is 106 Å². The van der Waals surface area contributed by atoms with E-state index in [2.05, 4.69) is 46.2 Å². The third-order valence-electron chi connectivity index (χ3n) is 14.5. The van der Waals surface area contributed by atoms with E-state index in [9.17, 15) is 13.2 Å². The number of hydrogen-bond donors (Lipinski definition) is 1. The first-order valence-electron chi connectivity index (χ1n) is 23.9. The fourth-order valence-corrected chi connectivity index (χ4v) is 11.6. The molecule has 6 heterocycles. The summed E-state index contributed by atoms with van der Waals surface area (Å²) in [5, 5.41) is 4.87. The molecule has 3 aliphatic heterocycles. The lowest BCUT2D eigenvalue weighted by atomic mass is 9.87. The quantitative estimate of drug-likeness (QED) is 0.109. The van der Waals surface area contributed by atoms with Gasteiger partial charge in [0.1, 0.15) is 5.52 Å². The highest BCUT2D eigenvalue weighted by atomic mass is 32.2. The van der Waals surface area contributed by atoms with Crippen molar-refractivity contribution in [1.82, 2.24) is 28.7 Å². The maximum atomic E-state index is 14.1. The van der Waals surface area contributed by atoms with Crippen LogP contribution in [0.1, 0.15) is 81.5 Å². The molecule has 1 N–H and O–H groups in total. The Morgan fingerprint density at radius 1 is 0.925 bits per heavy atom. The number of pyridine rings is 1. The van der Waals surface area contributed by atoms with Crippen LogP contribution in [0.4, 0.5) is 5.95 Å². The zero-order chi connectivity index (χ0) is 46.3. The number of terminal acetylenes is 1. The van der Waals surface area contributed by atoms with Crippen molar-refractivity contribution in [3.05, 3.63) is 118 Å². The van der Waals surface area contributed by atoms with Crippen LogP contribution < -0.4 is 15.8 Å². The summed E-state index contributed by atoms with van der Waals surface area (Å²) >= 11 is 0. The molecule has 4 aliphatic rings. The van der Waals surface area contributed by atoms with Crippen LogP contribution in [-0.2, 0) is 36.9 Å². The van der Waals surface area contributed by atoms with Gasteiger partial charge >= 0.3 is 0 Å². The van der Waals surface area contributed by atoms with E-state index in [0.29, 0.717) is 41.8 Å². The number of fused-ring (bicyclic) bond motifs is 2. The minimum Gasteiger partial charge on any atom is -0.358 e. The van der Waals surface area contributed by atoms with Gasteiger partial charge in [0, 0.05) is 80.1 Å². The number of aromatic nitrogens is 4. The number of likely N-dealkylation sites (tertiary alicyclic amines) is 1. The van der Waals surface area contributed by atoms with E-state index in [1.807, 2.05) is 37.3 Å². The summed E-state index contributed by atoms with van der Waals surface area (Å²) in [5.41, 5.74) is 3.34. The Morgan fingerprint density at radius 3 is 2.39 bits per heavy atom. The van der Waals surface area contributed by atoms with Gasteiger partial charge in [0.25, 0.3) is 15.6 Å². The summed E-state index contributed by atoms with van der Waals surface area (Å²) in [7, 11) is -2.44. The van der Waals surface area contributed by atoms with Gasteiger partial charge in [-0.1, -0.05) is 60.0 Å². The van der Waals surface area contributed by atoms with E-state index in [1.165, 1.54) is 10.8 Å². The predicted octanol–water partition coefficient (Wildman–Crippen LogP) is 7.51. The van der Waals surface area contributed by atoms with Gasteiger partial charge in [-0.05, 0) is 113 Å². The molecule has 6 aromatic rings. The number of piperidine rings is 2. The van der Waals surface area contributed by atoms with Crippen molar-refractivity contribution >= 4 is 37.8 Å². The van der Waals surface area contributed by atoms with E-state index >= 15 is 0 Å². The smallest absolute Gasteiger partial charge is 0.275 e. The Kier molecular flexibility index (Phi) is 12.6. The Morgan fingerprint density at radius 2 is 1.69 bits per heavy atom. The number of hydrogen-bond acceptors (Lipinski definition) is 11. The first kappa shape index (κ1) is 45.4. The second kappa shape index (κ2) is 18.6. The molecule has 2 unspecified atom stereocenters. The number of aryl methyl sites for hydroxylation is 2. The number of nitrogens with zero attached hydrogens (tertiary/aromatic N) is 6. The molecule has 3 aromatic carbocycles. The van der Waals surface area contributed by atoms with Gasteiger partial charge in [-0.15, -0.1) is 6.42 Å². The fourth-order valence-electron chi connectivity index (χ4n) is 10.2. The fraction of sp³-hybridized carbons (Fsp3) is 0.453. The Bertz CT molecular complexity index is 2960. The van der Waals surface area contributed by atoms with Crippen LogP contribution in [0.5, 0.6) is 0 Å². The number of ether oxygens (including phenoxy) is 3. The van der Waals surface area contributed by atoms with Crippen LogP contribution in [-0.4, -0.2) is 102 Å². The molecule has 0 spiro atoms. The molecule has 0 amide bonds. The molecule has 14 heteroatoms. The Balaban J connectivity index is 1.08. The molecular weight excluding hydrogens is 863 g/mol. The summed E-state index contributed by atoms with van der Waals surface area (Å²) in [5.74, 6) is 3.39. The van der Waals surface area contributed by atoms with E-state index in [4.69, 9.17) is 30.6 Å². The Labute approximate surface area is 393 Å². The number of anilines is 1. The maximum absolute atomic E-state index is 14.1. The molecule has 2 atom stereocenters. The van der Waals surface area contributed by atoms with Gasteiger partial charge in [-0.3, -0.25) is 4.79 Å². The van der Waals surface area contributed by atoms with Crippen molar-refractivity contribution in [2.24, 2.45) is 7.05 Å². The van der Waals surface area contributed by atoms with E-state index in [1.54, 1.807) is 43.6 Å². The maximum Gasteiger partial charge on any atom is 0.275 e. The molecule has 1 aliphatic carbocycles. The third-order valence-corrected chi connectivity index (χ3v) is 16.2. The molecule has 1 saturated carbocycles. The minimum absolute atomic E-state index is 0.00941. The normalized spacial score (nSPS) is 20.5. The average Bonchev–Trinajstić information content (AvgIpc) is 4.06. The number of rotatable bonds is 14. The number of nitrogens with one attached hydrogen (secondary N) is 1. The predicted molar refractivity (Wildman–Crippen MR) is 262 cm³/mol. The van der Waals surface area contributed by atoms with Crippen LogP contribution in [0.15, 0.2) is 101 Å². The largest absolute Gasteiger partial charge is 0.358 e. The first-order valence-corrected chi connectivity index (χ1v) is 25.4. The monoisotopic (exact) mass is 923 g/mol. The van der Waals surface area contributed by atoms with Crippen LogP contribution in [0, 0.1) is 19.3 Å². The lowest BCUT2D eigenvalue weighted by Crippen LogP contribution is -2.55. The zero-order valence-corrected chi connectivity index (χ0v) is 39.6. The van der Waals surface area contributed by atoms with Crippen molar-refractivity contribution in [3.63, 3.8) is 0 Å². The second-order valence-corrected chi connectivity index (χ2v) is 21.1. The molecule has 4 fully saturated rings. The molecule has 13 nitrogen and oxygen atoms in total. The lowest BCUT2D eigenvalue weighted by Gasteiger charge is -2.45. The van der Waals surface area contributed by atoms with Gasteiger partial charge < -0.3 is 33.9 Å². The van der Waals surface area contributed by atoms with Crippen LogP contribution >= 0.6 is 0 Å². The summed E-state index contributed by atoms with van der Waals surface area (Å²) in [4.78, 5) is 30.0. The van der Waals surface area contributed by atoms with E-state index < -0.39 is 21.2 Å². The summed E-state index contributed by atoms with van der Waals surface area (Å²) in [6.07, 6.45) is 17.3. The van der Waals surface area contributed by atoms with Crippen LogP contribution in [0.2, 0.25) is 0 Å². The van der Waals surface area contributed by atoms with Crippen molar-refractivity contribution in [1.29, 1.82) is 0 Å².